The highest BCUT2D eigenvalue weighted by atomic mass is 32.2. The third-order valence-electron chi connectivity index (χ3n) is 2.44. The molecule has 0 aromatic rings. The molecule has 0 heterocycles. The molecule has 0 amide bonds. The zero-order valence-corrected chi connectivity index (χ0v) is 8.60. The predicted octanol–water partition coefficient (Wildman–Crippen LogP) is 0.674. The Labute approximate surface area is 77.9 Å². The maximum Gasteiger partial charge on any atom is 0.324 e. The summed E-state index contributed by atoms with van der Waals surface area (Å²) < 4.78 is 21.5. The fourth-order valence-electron chi connectivity index (χ4n) is 0.936. The van der Waals surface area contributed by atoms with Crippen LogP contribution < -0.4 is 0 Å². The van der Waals surface area contributed by atoms with E-state index in [9.17, 15) is 13.2 Å². The molecule has 1 rings (SSSR count). The van der Waals surface area contributed by atoms with E-state index in [1.807, 2.05) is 0 Å². The third-order valence-corrected chi connectivity index (χ3v) is 5.08. The standard InChI is InChI=1S/C8H14O4S/c1-8(2,7(9)10)13(11,12)5-6-3-4-6/h6H,3-5H2,1-2H3,(H,9,10). The molecule has 0 aromatic heterocycles. The first kappa shape index (κ1) is 10.5. The van der Waals surface area contributed by atoms with Crippen LogP contribution in [0.3, 0.4) is 0 Å². The molecule has 1 N–H and O–H groups in total. The second-order valence-electron chi connectivity index (χ2n) is 4.04. The first-order chi connectivity index (χ1) is 5.77. The van der Waals surface area contributed by atoms with Gasteiger partial charge in [0.15, 0.2) is 14.6 Å². The lowest BCUT2D eigenvalue weighted by atomic mass is 10.2. The maximum absolute atomic E-state index is 11.6. The van der Waals surface area contributed by atoms with Crippen molar-refractivity contribution < 1.29 is 18.3 Å². The number of aliphatic carboxylic acids is 1. The van der Waals surface area contributed by atoms with Crippen molar-refractivity contribution in [3.05, 3.63) is 0 Å². The smallest absolute Gasteiger partial charge is 0.324 e. The largest absolute Gasteiger partial charge is 0.480 e. The van der Waals surface area contributed by atoms with Gasteiger partial charge in [0.05, 0.1) is 5.75 Å². The average molecular weight is 206 g/mol. The molecule has 0 radical (unpaired) electrons. The number of sulfone groups is 1. The lowest BCUT2D eigenvalue weighted by Crippen LogP contribution is -2.42. The number of carboxylic acids is 1. The molecule has 0 bridgehead atoms. The summed E-state index contributed by atoms with van der Waals surface area (Å²) in [6.45, 7) is 2.49. The Morgan fingerprint density at radius 3 is 2.23 bits per heavy atom. The van der Waals surface area contributed by atoms with Gasteiger partial charge >= 0.3 is 5.97 Å². The Morgan fingerprint density at radius 2 is 1.92 bits per heavy atom. The fraction of sp³-hybridized carbons (Fsp3) is 0.875. The quantitative estimate of drug-likeness (QED) is 0.734. The van der Waals surface area contributed by atoms with Crippen molar-refractivity contribution in [2.75, 3.05) is 5.75 Å². The molecular weight excluding hydrogens is 192 g/mol. The van der Waals surface area contributed by atoms with Gasteiger partial charge in [0.2, 0.25) is 0 Å². The summed E-state index contributed by atoms with van der Waals surface area (Å²) in [7, 11) is -3.50. The number of rotatable bonds is 4. The lowest BCUT2D eigenvalue weighted by Gasteiger charge is -2.19. The summed E-state index contributed by atoms with van der Waals surface area (Å²) in [6.07, 6.45) is 1.82. The highest BCUT2D eigenvalue weighted by molar-refractivity contribution is 7.93. The molecule has 0 atom stereocenters. The summed E-state index contributed by atoms with van der Waals surface area (Å²) in [6, 6.07) is 0. The molecule has 76 valence electrons. The van der Waals surface area contributed by atoms with E-state index in [4.69, 9.17) is 5.11 Å². The van der Waals surface area contributed by atoms with Gasteiger partial charge in [0, 0.05) is 0 Å². The minimum atomic E-state index is -3.50. The molecule has 0 saturated heterocycles. The fourth-order valence-corrected chi connectivity index (χ4v) is 2.57. The van der Waals surface area contributed by atoms with Gasteiger partial charge in [-0.2, -0.15) is 0 Å². The van der Waals surface area contributed by atoms with Crippen LogP contribution in [-0.4, -0.2) is 30.0 Å². The Kier molecular flexibility index (Phi) is 2.40. The minimum Gasteiger partial charge on any atom is -0.480 e. The van der Waals surface area contributed by atoms with Crippen molar-refractivity contribution in [2.45, 2.75) is 31.4 Å². The van der Waals surface area contributed by atoms with E-state index in [1.54, 1.807) is 0 Å². The number of hydrogen-bond donors (Lipinski definition) is 1. The van der Waals surface area contributed by atoms with E-state index in [0.29, 0.717) is 0 Å². The highest BCUT2D eigenvalue weighted by Gasteiger charge is 2.44. The van der Waals surface area contributed by atoms with Crippen molar-refractivity contribution >= 4 is 15.8 Å². The summed E-state index contributed by atoms with van der Waals surface area (Å²) in [5.74, 6) is -1.05. The lowest BCUT2D eigenvalue weighted by molar-refractivity contribution is -0.139. The van der Waals surface area contributed by atoms with Crippen molar-refractivity contribution in [1.82, 2.24) is 0 Å². The second-order valence-corrected chi connectivity index (χ2v) is 6.62. The molecule has 0 aromatic carbocycles. The van der Waals surface area contributed by atoms with E-state index in [2.05, 4.69) is 0 Å². The van der Waals surface area contributed by atoms with Gasteiger partial charge in [-0.1, -0.05) is 0 Å². The number of carboxylic acid groups (broad SMARTS) is 1. The SMILES string of the molecule is CC(C)(C(=O)O)S(=O)(=O)CC1CC1. The van der Waals surface area contributed by atoms with Crippen molar-refractivity contribution in [3.63, 3.8) is 0 Å². The minimum absolute atomic E-state index is 0.0201. The average Bonchev–Trinajstić information content (AvgIpc) is 2.70. The molecule has 1 aliphatic carbocycles. The predicted molar refractivity (Wildman–Crippen MR) is 48.2 cm³/mol. The molecule has 4 nitrogen and oxygen atoms in total. The monoisotopic (exact) mass is 206 g/mol. The van der Waals surface area contributed by atoms with Crippen LogP contribution in [0.25, 0.3) is 0 Å². The molecule has 0 spiro atoms. The van der Waals surface area contributed by atoms with Gasteiger partial charge in [-0.25, -0.2) is 8.42 Å². The van der Waals surface area contributed by atoms with Gasteiger partial charge in [-0.15, -0.1) is 0 Å². The summed E-state index contributed by atoms with van der Waals surface area (Å²) in [5.41, 5.74) is 0. The van der Waals surface area contributed by atoms with Crippen LogP contribution in [0.4, 0.5) is 0 Å². The third kappa shape index (κ3) is 2.02. The Balaban J connectivity index is 2.83. The molecule has 5 heteroatoms. The molecule has 1 saturated carbocycles. The van der Waals surface area contributed by atoms with Gasteiger partial charge < -0.3 is 5.11 Å². The van der Waals surface area contributed by atoms with Gasteiger partial charge in [-0.05, 0) is 32.6 Å². The molecular formula is C8H14O4S. The topological polar surface area (TPSA) is 71.4 Å². The van der Waals surface area contributed by atoms with Gasteiger partial charge in [0.1, 0.15) is 0 Å². The van der Waals surface area contributed by atoms with Crippen LogP contribution >= 0.6 is 0 Å². The van der Waals surface area contributed by atoms with Crippen LogP contribution in [0.2, 0.25) is 0 Å². The van der Waals surface area contributed by atoms with Crippen molar-refractivity contribution in [2.24, 2.45) is 5.92 Å². The first-order valence-electron chi connectivity index (χ1n) is 4.23. The molecule has 13 heavy (non-hydrogen) atoms. The molecule has 0 unspecified atom stereocenters. The maximum atomic E-state index is 11.6. The zero-order valence-electron chi connectivity index (χ0n) is 7.78. The van der Waals surface area contributed by atoms with E-state index < -0.39 is 20.6 Å². The Morgan fingerprint density at radius 1 is 1.46 bits per heavy atom. The normalized spacial score (nSPS) is 18.6. The molecule has 0 aliphatic heterocycles. The van der Waals surface area contributed by atoms with Crippen LogP contribution in [0.1, 0.15) is 26.7 Å². The summed E-state index contributed by atoms with van der Waals surface area (Å²) in [5, 5.41) is 8.73. The second kappa shape index (κ2) is 2.97. The van der Waals surface area contributed by atoms with Gasteiger partial charge in [0.25, 0.3) is 0 Å². The van der Waals surface area contributed by atoms with E-state index in [1.165, 1.54) is 13.8 Å². The zero-order chi connectivity index (χ0) is 10.3. The van der Waals surface area contributed by atoms with Crippen molar-refractivity contribution in [1.29, 1.82) is 0 Å². The molecule has 1 aliphatic rings. The van der Waals surface area contributed by atoms with Crippen LogP contribution in [-0.2, 0) is 14.6 Å². The number of hydrogen-bond acceptors (Lipinski definition) is 3. The highest BCUT2D eigenvalue weighted by Crippen LogP contribution is 2.33. The Hall–Kier alpha value is -0.580. The van der Waals surface area contributed by atoms with Crippen LogP contribution in [0.15, 0.2) is 0 Å². The van der Waals surface area contributed by atoms with E-state index >= 15 is 0 Å². The first-order valence-corrected chi connectivity index (χ1v) is 5.88. The van der Waals surface area contributed by atoms with Gasteiger partial charge in [-0.3, -0.25) is 4.79 Å². The van der Waals surface area contributed by atoms with Crippen LogP contribution in [0.5, 0.6) is 0 Å². The summed E-state index contributed by atoms with van der Waals surface area (Å²) in [4.78, 5) is 10.7. The van der Waals surface area contributed by atoms with E-state index in [0.717, 1.165) is 12.8 Å². The Bertz CT molecular complexity index is 311. The summed E-state index contributed by atoms with van der Waals surface area (Å²) >= 11 is 0. The van der Waals surface area contributed by atoms with E-state index in [-0.39, 0.29) is 11.7 Å². The molecule has 1 fully saturated rings. The van der Waals surface area contributed by atoms with Crippen LogP contribution in [0, 0.1) is 5.92 Å². The van der Waals surface area contributed by atoms with Crippen molar-refractivity contribution in [3.8, 4) is 0 Å². The number of carbonyl (C=O) groups is 1.